The number of fused-ring (bicyclic) bond motifs is 1. The van der Waals surface area contributed by atoms with E-state index in [-0.39, 0.29) is 11.6 Å². The van der Waals surface area contributed by atoms with Crippen molar-refractivity contribution >= 4 is 17.0 Å². The maximum absolute atomic E-state index is 13.2. The number of aromatic nitrogens is 4. The third kappa shape index (κ3) is 3.20. The predicted octanol–water partition coefficient (Wildman–Crippen LogP) is 3.37. The van der Waals surface area contributed by atoms with E-state index in [2.05, 4.69) is 20.4 Å². The summed E-state index contributed by atoms with van der Waals surface area (Å²) in [6.45, 7) is 0. The van der Waals surface area contributed by atoms with Crippen LogP contribution in [0.1, 0.15) is 0 Å². The van der Waals surface area contributed by atoms with E-state index in [1.165, 1.54) is 29.2 Å². The first-order valence-electron chi connectivity index (χ1n) is 7.68. The van der Waals surface area contributed by atoms with Gasteiger partial charge in [0.1, 0.15) is 11.5 Å². The van der Waals surface area contributed by atoms with Crippen molar-refractivity contribution in [3.05, 3.63) is 73.1 Å². The van der Waals surface area contributed by atoms with Crippen molar-refractivity contribution < 1.29 is 13.9 Å². The lowest BCUT2D eigenvalue weighted by Crippen LogP contribution is -2.25. The maximum atomic E-state index is 13.2. The Hall–Kier alpha value is -3.81. The molecule has 3 heterocycles. The molecule has 4 rings (SSSR count). The zero-order chi connectivity index (χ0) is 17.9. The highest BCUT2D eigenvalue weighted by atomic mass is 19.1. The number of amides is 1. The number of hydrogen-bond donors (Lipinski definition) is 1. The number of ether oxygens (including phenoxy) is 1. The van der Waals surface area contributed by atoms with Crippen LogP contribution in [0.25, 0.3) is 22.4 Å². The van der Waals surface area contributed by atoms with Crippen molar-refractivity contribution in [1.29, 1.82) is 0 Å². The first kappa shape index (κ1) is 15.7. The van der Waals surface area contributed by atoms with Crippen molar-refractivity contribution in [3.8, 4) is 17.3 Å². The molecule has 1 N–H and O–H groups in total. The SMILES string of the molecule is O=C(Nn1ccc2cc(F)ccc21)Oc1cnc(-c2ccccn2)nc1. The fraction of sp³-hybridized carbons (Fsp3) is 0. The molecule has 1 aromatic carbocycles. The Morgan fingerprint density at radius 3 is 2.69 bits per heavy atom. The van der Waals surface area contributed by atoms with Gasteiger partial charge in [-0.05, 0) is 36.4 Å². The summed E-state index contributed by atoms with van der Waals surface area (Å²) < 4.78 is 19.8. The van der Waals surface area contributed by atoms with Crippen LogP contribution in [0.5, 0.6) is 5.75 Å². The van der Waals surface area contributed by atoms with E-state index in [4.69, 9.17) is 4.74 Å². The molecule has 0 aliphatic carbocycles. The van der Waals surface area contributed by atoms with Crippen LogP contribution in [0.2, 0.25) is 0 Å². The summed E-state index contributed by atoms with van der Waals surface area (Å²) in [5.74, 6) is 0.268. The van der Waals surface area contributed by atoms with Crippen LogP contribution in [0, 0.1) is 5.82 Å². The molecule has 0 saturated heterocycles. The lowest BCUT2D eigenvalue weighted by molar-refractivity contribution is 0.211. The van der Waals surface area contributed by atoms with Gasteiger partial charge in [-0.1, -0.05) is 6.07 Å². The molecule has 4 aromatic rings. The van der Waals surface area contributed by atoms with E-state index in [0.29, 0.717) is 22.4 Å². The monoisotopic (exact) mass is 349 g/mol. The van der Waals surface area contributed by atoms with Crippen LogP contribution in [0.4, 0.5) is 9.18 Å². The number of halogens is 1. The van der Waals surface area contributed by atoms with Gasteiger partial charge in [0.2, 0.25) is 0 Å². The molecule has 0 atom stereocenters. The maximum Gasteiger partial charge on any atom is 0.432 e. The second kappa shape index (κ2) is 6.60. The van der Waals surface area contributed by atoms with Gasteiger partial charge in [-0.2, -0.15) is 0 Å². The average molecular weight is 349 g/mol. The molecule has 26 heavy (non-hydrogen) atoms. The second-order valence-electron chi connectivity index (χ2n) is 5.35. The summed E-state index contributed by atoms with van der Waals surface area (Å²) in [7, 11) is 0. The van der Waals surface area contributed by atoms with Crippen molar-refractivity contribution in [2.24, 2.45) is 0 Å². The van der Waals surface area contributed by atoms with E-state index in [0.717, 1.165) is 0 Å². The number of hydrogen-bond acceptors (Lipinski definition) is 5. The Balaban J connectivity index is 1.46. The minimum Gasteiger partial charge on any atom is -0.406 e. The summed E-state index contributed by atoms with van der Waals surface area (Å²) in [4.78, 5) is 24.5. The summed E-state index contributed by atoms with van der Waals surface area (Å²) in [6.07, 6.45) is 5.30. The zero-order valence-electron chi connectivity index (χ0n) is 13.3. The highest BCUT2D eigenvalue weighted by Crippen LogP contribution is 2.17. The topological polar surface area (TPSA) is 81.9 Å². The smallest absolute Gasteiger partial charge is 0.406 e. The number of carbonyl (C=O) groups excluding carboxylic acids is 1. The van der Waals surface area contributed by atoms with Gasteiger partial charge in [0, 0.05) is 17.8 Å². The first-order chi connectivity index (χ1) is 12.7. The molecular weight excluding hydrogens is 337 g/mol. The van der Waals surface area contributed by atoms with Gasteiger partial charge >= 0.3 is 6.09 Å². The fourth-order valence-electron chi connectivity index (χ4n) is 2.44. The Morgan fingerprint density at radius 1 is 1.08 bits per heavy atom. The second-order valence-corrected chi connectivity index (χ2v) is 5.35. The van der Waals surface area contributed by atoms with E-state index in [9.17, 15) is 9.18 Å². The molecule has 1 amide bonds. The van der Waals surface area contributed by atoms with E-state index < -0.39 is 6.09 Å². The Labute approximate surface area is 147 Å². The van der Waals surface area contributed by atoms with Gasteiger partial charge in [0.05, 0.1) is 17.9 Å². The minimum absolute atomic E-state index is 0.185. The summed E-state index contributed by atoms with van der Waals surface area (Å²) in [5, 5.41) is 0.661. The van der Waals surface area contributed by atoms with Crippen LogP contribution in [-0.2, 0) is 0 Å². The molecule has 0 unspecified atom stereocenters. The molecule has 8 heteroatoms. The summed E-state index contributed by atoms with van der Waals surface area (Å²) in [6, 6.07) is 11.3. The van der Waals surface area contributed by atoms with Crippen molar-refractivity contribution in [3.63, 3.8) is 0 Å². The van der Waals surface area contributed by atoms with E-state index >= 15 is 0 Å². The van der Waals surface area contributed by atoms with E-state index in [1.54, 1.807) is 36.7 Å². The van der Waals surface area contributed by atoms with Gasteiger partial charge in [-0.15, -0.1) is 0 Å². The highest BCUT2D eigenvalue weighted by molar-refractivity contribution is 5.85. The molecule has 128 valence electrons. The lowest BCUT2D eigenvalue weighted by Gasteiger charge is -2.08. The molecule has 0 bridgehead atoms. The largest absolute Gasteiger partial charge is 0.432 e. The van der Waals surface area contributed by atoms with Crippen LogP contribution in [0.15, 0.2) is 67.3 Å². The Kier molecular flexibility index (Phi) is 3.98. The average Bonchev–Trinajstić information content (AvgIpc) is 3.04. The minimum atomic E-state index is -0.721. The molecule has 0 fully saturated rings. The summed E-state index contributed by atoms with van der Waals surface area (Å²) >= 11 is 0. The third-order valence-corrected chi connectivity index (χ3v) is 3.60. The van der Waals surface area contributed by atoms with Gasteiger partial charge in [0.15, 0.2) is 11.6 Å². The lowest BCUT2D eigenvalue weighted by atomic mass is 10.2. The van der Waals surface area contributed by atoms with Crippen molar-refractivity contribution in [1.82, 2.24) is 19.6 Å². The molecule has 7 nitrogen and oxygen atoms in total. The van der Waals surface area contributed by atoms with Crippen molar-refractivity contribution in [2.45, 2.75) is 0 Å². The number of benzene rings is 1. The Morgan fingerprint density at radius 2 is 1.92 bits per heavy atom. The van der Waals surface area contributed by atoms with Gasteiger partial charge in [0.25, 0.3) is 0 Å². The van der Waals surface area contributed by atoms with Crippen LogP contribution < -0.4 is 10.2 Å². The number of nitrogens with zero attached hydrogens (tertiary/aromatic N) is 4. The normalized spacial score (nSPS) is 10.7. The molecule has 0 radical (unpaired) electrons. The highest BCUT2D eigenvalue weighted by Gasteiger charge is 2.09. The molecule has 0 spiro atoms. The molecular formula is C18H12FN5O2. The standard InChI is InChI=1S/C18H12FN5O2/c19-13-4-5-16-12(9-13)6-8-24(16)23-18(25)26-14-10-21-17(22-11-14)15-3-1-2-7-20-15/h1-11H,(H,23,25). The molecule has 0 saturated carbocycles. The quantitative estimate of drug-likeness (QED) is 0.613. The number of nitrogens with one attached hydrogen (secondary N) is 1. The van der Waals surface area contributed by atoms with Gasteiger partial charge in [-0.25, -0.2) is 24.6 Å². The molecule has 0 aliphatic rings. The zero-order valence-corrected chi connectivity index (χ0v) is 13.3. The number of carbonyl (C=O) groups is 1. The van der Waals surface area contributed by atoms with Crippen LogP contribution in [0.3, 0.4) is 0 Å². The van der Waals surface area contributed by atoms with Crippen LogP contribution in [-0.4, -0.2) is 25.7 Å². The van der Waals surface area contributed by atoms with Gasteiger partial charge < -0.3 is 4.74 Å². The van der Waals surface area contributed by atoms with E-state index in [1.807, 2.05) is 6.07 Å². The number of pyridine rings is 1. The first-order valence-corrected chi connectivity index (χ1v) is 7.68. The van der Waals surface area contributed by atoms with Crippen LogP contribution >= 0.6 is 0 Å². The molecule has 3 aromatic heterocycles. The fourth-order valence-corrected chi connectivity index (χ4v) is 2.44. The number of rotatable bonds is 3. The Bertz CT molecular complexity index is 1060. The molecule has 0 aliphatic heterocycles. The summed E-state index contributed by atoms with van der Waals surface area (Å²) in [5.41, 5.74) is 3.81. The van der Waals surface area contributed by atoms with Crippen molar-refractivity contribution in [2.75, 3.05) is 5.43 Å². The predicted molar refractivity (Wildman–Crippen MR) is 92.5 cm³/mol. The third-order valence-electron chi connectivity index (χ3n) is 3.60. The van der Waals surface area contributed by atoms with Gasteiger partial charge in [-0.3, -0.25) is 9.66 Å².